The largest absolute Gasteiger partial charge is 0.495 e. The van der Waals surface area contributed by atoms with Crippen LogP contribution in [0.4, 0.5) is 11.5 Å². The summed E-state index contributed by atoms with van der Waals surface area (Å²) in [6.45, 7) is 5.11. The summed E-state index contributed by atoms with van der Waals surface area (Å²) >= 11 is 0. The minimum atomic E-state index is -0.0860. The normalized spacial score (nSPS) is 17.9. The van der Waals surface area contributed by atoms with E-state index in [2.05, 4.69) is 20.9 Å². The highest BCUT2D eigenvalue weighted by Gasteiger charge is 2.30. The minimum absolute atomic E-state index is 0.0860. The van der Waals surface area contributed by atoms with Crippen molar-refractivity contribution in [2.45, 2.75) is 25.7 Å². The Morgan fingerprint density at radius 3 is 2.47 bits per heavy atom. The number of ketones is 1. The van der Waals surface area contributed by atoms with Crippen LogP contribution in [0.5, 0.6) is 5.75 Å². The fourth-order valence-corrected chi connectivity index (χ4v) is 4.60. The lowest BCUT2D eigenvalue weighted by molar-refractivity contribution is -0.126. The van der Waals surface area contributed by atoms with E-state index >= 15 is 0 Å². The van der Waals surface area contributed by atoms with Crippen LogP contribution < -0.4 is 14.5 Å². The van der Waals surface area contributed by atoms with E-state index in [1.165, 1.54) is 0 Å². The van der Waals surface area contributed by atoms with E-state index < -0.39 is 0 Å². The third-order valence-corrected chi connectivity index (χ3v) is 6.52. The van der Waals surface area contributed by atoms with Crippen LogP contribution in [0.1, 0.15) is 25.7 Å². The van der Waals surface area contributed by atoms with E-state index in [9.17, 15) is 9.59 Å². The second-order valence-electron chi connectivity index (χ2n) is 8.49. The number of ether oxygens (including phenoxy) is 1. The monoisotopic (exact) mass is 436 g/mol. The summed E-state index contributed by atoms with van der Waals surface area (Å²) in [5.41, 5.74) is 1.13. The molecule has 170 valence electrons. The number of piperazine rings is 1. The predicted molar refractivity (Wildman–Crippen MR) is 125 cm³/mol. The number of hydrogen-bond donors (Lipinski definition) is 0. The van der Waals surface area contributed by atoms with Crippen molar-refractivity contribution < 1.29 is 14.3 Å². The van der Waals surface area contributed by atoms with Crippen LogP contribution in [0.25, 0.3) is 0 Å². The highest BCUT2D eigenvalue weighted by molar-refractivity contribution is 5.95. The van der Waals surface area contributed by atoms with E-state index in [-0.39, 0.29) is 17.6 Å². The Labute approximate surface area is 190 Å². The van der Waals surface area contributed by atoms with Gasteiger partial charge in [-0.2, -0.15) is 0 Å². The summed E-state index contributed by atoms with van der Waals surface area (Å²) in [5, 5.41) is 0. The fourth-order valence-electron chi connectivity index (χ4n) is 4.60. The van der Waals surface area contributed by atoms with Crippen LogP contribution in [0, 0.1) is 5.92 Å². The smallest absolute Gasteiger partial charge is 0.231 e. The zero-order chi connectivity index (χ0) is 22.3. The standard InChI is InChI=1S/C25H32N4O3/c1-32-23-7-3-2-6-22(23)28-17-14-27(15-18-28)16-19-29(24-8-4-5-13-26-24)25(31)20-9-11-21(30)12-10-20/h2-8,13,20H,9-12,14-19H2,1H3. The average Bonchev–Trinajstić information content (AvgIpc) is 2.85. The third kappa shape index (κ3) is 5.27. The molecule has 2 aliphatic rings. The molecule has 1 aromatic heterocycles. The fraction of sp³-hybridized carbons (Fsp3) is 0.480. The predicted octanol–water partition coefficient (Wildman–Crippen LogP) is 3.00. The number of methoxy groups -OCH3 is 1. The number of amides is 1. The van der Waals surface area contributed by atoms with Crippen molar-refractivity contribution in [3.8, 4) is 5.75 Å². The second kappa shape index (κ2) is 10.6. The van der Waals surface area contributed by atoms with E-state index in [1.54, 1.807) is 13.3 Å². The van der Waals surface area contributed by atoms with Gasteiger partial charge >= 0.3 is 0 Å². The molecule has 0 N–H and O–H groups in total. The topological polar surface area (TPSA) is 66.0 Å². The Morgan fingerprint density at radius 1 is 1.06 bits per heavy atom. The van der Waals surface area contributed by atoms with Crippen LogP contribution in [0.2, 0.25) is 0 Å². The van der Waals surface area contributed by atoms with Gasteiger partial charge in [0.2, 0.25) is 5.91 Å². The van der Waals surface area contributed by atoms with E-state index in [0.717, 1.165) is 44.2 Å². The Morgan fingerprint density at radius 2 is 1.78 bits per heavy atom. The lowest BCUT2D eigenvalue weighted by atomic mass is 9.87. The van der Waals surface area contributed by atoms with Crippen LogP contribution in [0.15, 0.2) is 48.7 Å². The van der Waals surface area contributed by atoms with Crippen molar-refractivity contribution in [3.05, 3.63) is 48.7 Å². The maximum Gasteiger partial charge on any atom is 0.231 e. The molecule has 4 rings (SSSR count). The molecule has 2 heterocycles. The zero-order valence-electron chi connectivity index (χ0n) is 18.8. The maximum absolute atomic E-state index is 13.3. The lowest BCUT2D eigenvalue weighted by Crippen LogP contribution is -2.50. The van der Waals surface area contributed by atoms with Gasteiger partial charge in [0.05, 0.1) is 12.8 Å². The van der Waals surface area contributed by atoms with Crippen LogP contribution >= 0.6 is 0 Å². The number of carbonyl (C=O) groups is 2. The summed E-state index contributed by atoms with van der Waals surface area (Å²) < 4.78 is 5.52. The summed E-state index contributed by atoms with van der Waals surface area (Å²) in [5.74, 6) is 1.88. The Kier molecular flexibility index (Phi) is 7.37. The quantitative estimate of drug-likeness (QED) is 0.665. The molecule has 1 saturated carbocycles. The van der Waals surface area contributed by atoms with Crippen LogP contribution in [-0.4, -0.2) is 68.0 Å². The van der Waals surface area contributed by atoms with Crippen molar-refractivity contribution >= 4 is 23.2 Å². The molecule has 0 radical (unpaired) electrons. The Hall–Kier alpha value is -2.93. The number of rotatable bonds is 7. The van der Waals surface area contributed by atoms with Crippen molar-refractivity contribution in [2.24, 2.45) is 5.92 Å². The molecule has 0 bridgehead atoms. The third-order valence-electron chi connectivity index (χ3n) is 6.52. The molecule has 32 heavy (non-hydrogen) atoms. The van der Waals surface area contributed by atoms with Crippen molar-refractivity contribution in [3.63, 3.8) is 0 Å². The Bertz CT molecular complexity index is 902. The number of anilines is 2. The molecule has 1 aliphatic carbocycles. The molecule has 0 unspecified atom stereocenters. The molecule has 0 atom stereocenters. The SMILES string of the molecule is COc1ccccc1N1CCN(CCN(C(=O)C2CCC(=O)CC2)c2ccccn2)CC1. The summed E-state index contributed by atoms with van der Waals surface area (Å²) in [6.07, 6.45) is 4.05. The van der Waals surface area contributed by atoms with Crippen molar-refractivity contribution in [1.82, 2.24) is 9.88 Å². The second-order valence-corrected chi connectivity index (χ2v) is 8.49. The van der Waals surface area contributed by atoms with Gasteiger partial charge in [-0.15, -0.1) is 0 Å². The van der Waals surface area contributed by atoms with Gasteiger partial charge < -0.3 is 9.64 Å². The zero-order valence-corrected chi connectivity index (χ0v) is 18.8. The molecule has 7 nitrogen and oxygen atoms in total. The summed E-state index contributed by atoms with van der Waals surface area (Å²) in [6, 6.07) is 13.8. The molecular weight excluding hydrogens is 404 g/mol. The van der Waals surface area contributed by atoms with Gasteiger partial charge in [0, 0.05) is 64.2 Å². The molecule has 1 amide bonds. The molecule has 1 aliphatic heterocycles. The van der Waals surface area contributed by atoms with E-state index in [0.29, 0.717) is 38.0 Å². The molecular formula is C25H32N4O3. The minimum Gasteiger partial charge on any atom is -0.495 e. The van der Waals surface area contributed by atoms with Gasteiger partial charge in [-0.25, -0.2) is 4.98 Å². The van der Waals surface area contributed by atoms with Crippen LogP contribution in [-0.2, 0) is 9.59 Å². The van der Waals surface area contributed by atoms with Crippen molar-refractivity contribution in [1.29, 1.82) is 0 Å². The van der Waals surface area contributed by atoms with Crippen molar-refractivity contribution in [2.75, 3.05) is 56.2 Å². The first-order valence-electron chi connectivity index (χ1n) is 11.5. The van der Waals surface area contributed by atoms with E-state index in [1.807, 2.05) is 41.3 Å². The molecule has 1 saturated heterocycles. The molecule has 0 spiro atoms. The number of pyridine rings is 1. The maximum atomic E-state index is 13.3. The first-order chi connectivity index (χ1) is 15.7. The van der Waals surface area contributed by atoms with Gasteiger partial charge in [-0.05, 0) is 37.1 Å². The number of carbonyl (C=O) groups excluding carboxylic acids is 2. The molecule has 2 fully saturated rings. The van der Waals surface area contributed by atoms with Gasteiger partial charge in [-0.1, -0.05) is 18.2 Å². The lowest BCUT2D eigenvalue weighted by Gasteiger charge is -2.37. The first-order valence-corrected chi connectivity index (χ1v) is 11.5. The molecule has 2 aromatic rings. The average molecular weight is 437 g/mol. The number of benzene rings is 1. The van der Waals surface area contributed by atoms with Gasteiger partial charge in [0.1, 0.15) is 17.4 Å². The number of nitrogens with zero attached hydrogens (tertiary/aromatic N) is 4. The van der Waals surface area contributed by atoms with Gasteiger partial charge in [0.15, 0.2) is 0 Å². The first kappa shape index (κ1) is 22.3. The van der Waals surface area contributed by atoms with Gasteiger partial charge in [0.25, 0.3) is 0 Å². The summed E-state index contributed by atoms with van der Waals surface area (Å²) in [4.78, 5) is 36.0. The number of Topliss-reactive ketones (excluding diaryl/α,β-unsaturated/α-hetero) is 1. The highest BCUT2D eigenvalue weighted by Crippen LogP contribution is 2.29. The molecule has 7 heteroatoms. The van der Waals surface area contributed by atoms with Gasteiger partial charge in [-0.3, -0.25) is 19.4 Å². The number of aromatic nitrogens is 1. The number of para-hydroxylation sites is 2. The Balaban J connectivity index is 1.36. The molecule has 1 aromatic carbocycles. The van der Waals surface area contributed by atoms with E-state index in [4.69, 9.17) is 4.74 Å². The van der Waals surface area contributed by atoms with Crippen LogP contribution in [0.3, 0.4) is 0 Å². The number of hydrogen-bond acceptors (Lipinski definition) is 6. The summed E-state index contributed by atoms with van der Waals surface area (Å²) in [7, 11) is 1.71. The highest BCUT2D eigenvalue weighted by atomic mass is 16.5.